The van der Waals surface area contributed by atoms with Crippen molar-refractivity contribution in [3.63, 3.8) is 0 Å². The van der Waals surface area contributed by atoms with Crippen LogP contribution in [0.5, 0.6) is 0 Å². The summed E-state index contributed by atoms with van der Waals surface area (Å²) >= 11 is 6.03. The van der Waals surface area contributed by atoms with Gasteiger partial charge >= 0.3 is 0 Å². The van der Waals surface area contributed by atoms with E-state index < -0.39 is 0 Å². The number of nitrogens with one attached hydrogen (secondary N) is 1. The van der Waals surface area contributed by atoms with Crippen LogP contribution >= 0.6 is 11.6 Å². The summed E-state index contributed by atoms with van der Waals surface area (Å²) in [5, 5.41) is 7.69. The van der Waals surface area contributed by atoms with Gasteiger partial charge in [-0.05, 0) is 37.1 Å². The summed E-state index contributed by atoms with van der Waals surface area (Å²) in [6.07, 6.45) is 5.87. The molecule has 110 valence electrons. The van der Waals surface area contributed by atoms with Gasteiger partial charge in [0.1, 0.15) is 0 Å². The molecule has 1 amide bonds. The molecule has 3 rings (SSSR count). The van der Waals surface area contributed by atoms with Gasteiger partial charge in [0.15, 0.2) is 0 Å². The van der Waals surface area contributed by atoms with Crippen LogP contribution in [0, 0.1) is 0 Å². The van der Waals surface area contributed by atoms with Gasteiger partial charge in [0, 0.05) is 24.0 Å². The lowest BCUT2D eigenvalue weighted by molar-refractivity contribution is -0.118. The van der Waals surface area contributed by atoms with Gasteiger partial charge in [-0.25, -0.2) is 4.68 Å². The molecule has 6 heteroatoms. The molecular formula is C15H16ClN3O2. The Hall–Kier alpha value is -1.85. The number of hydrogen-bond acceptors (Lipinski definition) is 3. The van der Waals surface area contributed by atoms with Gasteiger partial charge < -0.3 is 10.1 Å². The maximum Gasteiger partial charge on any atom is 0.227 e. The topological polar surface area (TPSA) is 56.1 Å². The molecule has 1 fully saturated rings. The van der Waals surface area contributed by atoms with Crippen molar-refractivity contribution in [2.45, 2.75) is 25.4 Å². The molecule has 1 aliphatic rings. The van der Waals surface area contributed by atoms with Crippen molar-refractivity contribution in [1.29, 1.82) is 0 Å². The number of rotatable bonds is 4. The summed E-state index contributed by atoms with van der Waals surface area (Å²) in [6.45, 7) is 0.747. The number of hydrogen-bond donors (Lipinski definition) is 1. The first-order chi connectivity index (χ1) is 10.2. The average molecular weight is 306 g/mol. The van der Waals surface area contributed by atoms with Gasteiger partial charge in [-0.2, -0.15) is 5.10 Å². The minimum atomic E-state index is -0.0578. The van der Waals surface area contributed by atoms with Crippen molar-refractivity contribution >= 4 is 23.2 Å². The van der Waals surface area contributed by atoms with Crippen molar-refractivity contribution in [2.75, 3.05) is 11.9 Å². The molecule has 1 aliphatic heterocycles. The number of benzene rings is 1. The van der Waals surface area contributed by atoms with E-state index in [0.29, 0.717) is 17.1 Å². The average Bonchev–Trinajstić information content (AvgIpc) is 3.13. The molecule has 1 saturated heterocycles. The first-order valence-corrected chi connectivity index (χ1v) is 7.31. The highest BCUT2D eigenvalue weighted by Gasteiger charge is 2.19. The van der Waals surface area contributed by atoms with Crippen LogP contribution in [0.25, 0.3) is 5.69 Å². The Morgan fingerprint density at radius 1 is 1.52 bits per heavy atom. The van der Waals surface area contributed by atoms with E-state index in [2.05, 4.69) is 10.4 Å². The normalized spacial score (nSPS) is 17.9. The number of aromatic nitrogens is 2. The van der Waals surface area contributed by atoms with Crippen LogP contribution in [-0.2, 0) is 9.53 Å². The highest BCUT2D eigenvalue weighted by molar-refractivity contribution is 6.30. The summed E-state index contributed by atoms with van der Waals surface area (Å²) in [6, 6.07) is 7.12. The molecule has 2 aromatic rings. The molecule has 0 spiro atoms. The number of amides is 1. The second kappa shape index (κ2) is 6.28. The number of carbonyl (C=O) groups is 1. The minimum Gasteiger partial charge on any atom is -0.378 e. The van der Waals surface area contributed by atoms with Crippen LogP contribution in [-0.4, -0.2) is 28.4 Å². The quantitative estimate of drug-likeness (QED) is 0.944. The Bertz CT molecular complexity index is 622. The molecular weight excluding hydrogens is 290 g/mol. The van der Waals surface area contributed by atoms with Gasteiger partial charge in [0.2, 0.25) is 5.91 Å². The van der Waals surface area contributed by atoms with E-state index in [0.717, 1.165) is 25.1 Å². The first kappa shape index (κ1) is 14.1. The van der Waals surface area contributed by atoms with E-state index >= 15 is 0 Å². The van der Waals surface area contributed by atoms with Crippen LogP contribution in [0.15, 0.2) is 36.7 Å². The predicted octanol–water partition coefficient (Wildman–Crippen LogP) is 3.03. The standard InChI is InChI=1S/C15H16ClN3O2/c16-11-4-5-13(14(9-11)19-7-2-6-17-19)18-15(20)10-12-3-1-8-21-12/h2,4-7,9,12H,1,3,8,10H2,(H,18,20)/t12-/m1/s1. The van der Waals surface area contributed by atoms with Crippen LogP contribution in [0.4, 0.5) is 5.69 Å². The number of halogens is 1. The maximum absolute atomic E-state index is 12.1. The molecule has 1 aromatic carbocycles. The minimum absolute atomic E-state index is 0.0328. The lowest BCUT2D eigenvalue weighted by atomic mass is 10.1. The van der Waals surface area contributed by atoms with Crippen molar-refractivity contribution in [3.05, 3.63) is 41.7 Å². The SMILES string of the molecule is O=C(C[C@H]1CCCO1)Nc1ccc(Cl)cc1-n1cccn1. The Labute approximate surface area is 127 Å². The molecule has 1 N–H and O–H groups in total. The Balaban J connectivity index is 1.77. The molecule has 5 nitrogen and oxygen atoms in total. The number of nitrogens with zero attached hydrogens (tertiary/aromatic N) is 2. The Morgan fingerprint density at radius 2 is 2.43 bits per heavy atom. The lowest BCUT2D eigenvalue weighted by Crippen LogP contribution is -2.20. The summed E-state index contributed by atoms with van der Waals surface area (Å²) < 4.78 is 7.16. The van der Waals surface area contributed by atoms with E-state index in [9.17, 15) is 4.79 Å². The van der Waals surface area contributed by atoms with Crippen molar-refractivity contribution in [2.24, 2.45) is 0 Å². The Morgan fingerprint density at radius 3 is 3.14 bits per heavy atom. The summed E-state index contributed by atoms with van der Waals surface area (Å²) in [5.41, 5.74) is 1.43. The van der Waals surface area contributed by atoms with Gasteiger partial charge in [-0.15, -0.1) is 0 Å². The van der Waals surface area contributed by atoms with Gasteiger partial charge in [0.25, 0.3) is 0 Å². The van der Waals surface area contributed by atoms with Crippen molar-refractivity contribution < 1.29 is 9.53 Å². The third-order valence-electron chi connectivity index (χ3n) is 3.42. The van der Waals surface area contributed by atoms with Gasteiger partial charge in [-0.3, -0.25) is 4.79 Å². The second-order valence-corrected chi connectivity index (χ2v) is 5.44. The van der Waals surface area contributed by atoms with Crippen LogP contribution < -0.4 is 5.32 Å². The smallest absolute Gasteiger partial charge is 0.227 e. The molecule has 0 unspecified atom stereocenters. The van der Waals surface area contributed by atoms with Crippen molar-refractivity contribution in [1.82, 2.24) is 9.78 Å². The molecule has 1 atom stereocenters. The predicted molar refractivity (Wildman–Crippen MR) is 80.8 cm³/mol. The lowest BCUT2D eigenvalue weighted by Gasteiger charge is -2.13. The van der Waals surface area contributed by atoms with Crippen molar-refractivity contribution in [3.8, 4) is 5.69 Å². The van der Waals surface area contributed by atoms with E-state index in [1.54, 1.807) is 35.3 Å². The highest BCUT2D eigenvalue weighted by Crippen LogP contribution is 2.25. The number of carbonyl (C=O) groups excluding carboxylic acids is 1. The Kier molecular flexibility index (Phi) is 4.22. The zero-order chi connectivity index (χ0) is 14.7. The van der Waals surface area contributed by atoms with E-state index in [1.807, 2.05) is 6.07 Å². The molecule has 1 aromatic heterocycles. The second-order valence-electron chi connectivity index (χ2n) is 5.00. The fraction of sp³-hybridized carbons (Fsp3) is 0.333. The summed E-state index contributed by atoms with van der Waals surface area (Å²) in [4.78, 5) is 12.1. The van der Waals surface area contributed by atoms with E-state index in [1.165, 1.54) is 0 Å². The van der Waals surface area contributed by atoms with Crippen LogP contribution in [0.1, 0.15) is 19.3 Å². The largest absolute Gasteiger partial charge is 0.378 e. The van der Waals surface area contributed by atoms with Gasteiger partial charge in [0.05, 0.1) is 23.9 Å². The molecule has 0 radical (unpaired) electrons. The van der Waals surface area contributed by atoms with E-state index in [-0.39, 0.29) is 12.0 Å². The fourth-order valence-electron chi connectivity index (χ4n) is 2.42. The fourth-order valence-corrected chi connectivity index (χ4v) is 2.59. The maximum atomic E-state index is 12.1. The number of anilines is 1. The summed E-state index contributed by atoms with van der Waals surface area (Å²) in [5.74, 6) is -0.0578. The van der Waals surface area contributed by atoms with E-state index in [4.69, 9.17) is 16.3 Å². The molecule has 0 aliphatic carbocycles. The highest BCUT2D eigenvalue weighted by atomic mass is 35.5. The first-order valence-electron chi connectivity index (χ1n) is 6.93. The molecule has 21 heavy (non-hydrogen) atoms. The van der Waals surface area contributed by atoms with Crippen LogP contribution in [0.2, 0.25) is 5.02 Å². The monoisotopic (exact) mass is 305 g/mol. The van der Waals surface area contributed by atoms with Gasteiger partial charge in [-0.1, -0.05) is 11.6 Å². The third-order valence-corrected chi connectivity index (χ3v) is 3.66. The zero-order valence-electron chi connectivity index (χ0n) is 11.5. The molecule has 2 heterocycles. The summed E-state index contributed by atoms with van der Waals surface area (Å²) in [7, 11) is 0. The van der Waals surface area contributed by atoms with Crippen LogP contribution in [0.3, 0.4) is 0 Å². The zero-order valence-corrected chi connectivity index (χ0v) is 12.2. The number of ether oxygens (including phenoxy) is 1. The third kappa shape index (κ3) is 3.43. The molecule has 0 bridgehead atoms. The molecule has 0 saturated carbocycles.